The Bertz CT molecular complexity index is 444. The quantitative estimate of drug-likeness (QED) is 0.505. The molecule has 0 atom stereocenters. The van der Waals surface area contributed by atoms with Crippen molar-refractivity contribution in [1.82, 2.24) is 5.32 Å². The molecule has 2 N–H and O–H groups in total. The zero-order valence-electron chi connectivity index (χ0n) is 12.1. The van der Waals surface area contributed by atoms with E-state index in [1.807, 2.05) is 0 Å². The van der Waals surface area contributed by atoms with Gasteiger partial charge in [0.15, 0.2) is 0 Å². The molecule has 0 fully saturated rings. The number of hydrogen-bond donors (Lipinski definition) is 2. The maximum Gasteiger partial charge on any atom is 0.335 e. The molecule has 0 unspecified atom stereocenters. The molecule has 6 nitrogen and oxygen atoms in total. The maximum absolute atomic E-state index is 11.1. The van der Waals surface area contributed by atoms with Gasteiger partial charge in [-0.3, -0.25) is 4.79 Å². The molecule has 0 saturated heterocycles. The predicted molar refractivity (Wildman–Crippen MR) is 77.6 cm³/mol. The summed E-state index contributed by atoms with van der Waals surface area (Å²) in [6.45, 7) is 4.06. The van der Waals surface area contributed by atoms with Crippen LogP contribution in [0.5, 0.6) is 5.75 Å². The Morgan fingerprint density at radius 2 is 1.90 bits per heavy atom. The molecule has 0 saturated carbocycles. The number of carbonyl (C=O) groups excluding carboxylic acids is 1. The number of rotatable bonds is 10. The molecule has 0 aliphatic carbocycles. The Morgan fingerprint density at radius 1 is 1.19 bits per heavy atom. The Morgan fingerprint density at radius 3 is 2.52 bits per heavy atom. The van der Waals surface area contributed by atoms with Crippen molar-refractivity contribution in [1.29, 1.82) is 0 Å². The lowest BCUT2D eigenvalue weighted by molar-refractivity contribution is -0.143. The second-order valence-corrected chi connectivity index (χ2v) is 4.34. The van der Waals surface area contributed by atoms with E-state index in [1.165, 1.54) is 12.1 Å². The van der Waals surface area contributed by atoms with Gasteiger partial charge in [0.1, 0.15) is 12.4 Å². The summed E-state index contributed by atoms with van der Waals surface area (Å²) in [5, 5.41) is 11.9. The lowest BCUT2D eigenvalue weighted by atomic mass is 10.2. The highest BCUT2D eigenvalue weighted by molar-refractivity contribution is 5.87. The topological polar surface area (TPSA) is 84.9 Å². The average molecular weight is 295 g/mol. The molecule has 6 heteroatoms. The fraction of sp³-hybridized carbons (Fsp3) is 0.467. The van der Waals surface area contributed by atoms with Crippen LogP contribution in [0, 0.1) is 0 Å². The van der Waals surface area contributed by atoms with E-state index >= 15 is 0 Å². The largest absolute Gasteiger partial charge is 0.492 e. The van der Waals surface area contributed by atoms with Gasteiger partial charge in [0, 0.05) is 13.0 Å². The van der Waals surface area contributed by atoms with Gasteiger partial charge in [0.25, 0.3) is 0 Å². The van der Waals surface area contributed by atoms with Crippen LogP contribution in [0.4, 0.5) is 0 Å². The average Bonchev–Trinajstić information content (AvgIpc) is 2.47. The van der Waals surface area contributed by atoms with E-state index in [2.05, 4.69) is 5.32 Å². The summed E-state index contributed by atoms with van der Waals surface area (Å²) in [6.07, 6.45) is 1.14. The van der Waals surface area contributed by atoms with Crippen LogP contribution < -0.4 is 10.1 Å². The van der Waals surface area contributed by atoms with E-state index in [0.29, 0.717) is 31.9 Å². The third-order valence-electron chi connectivity index (χ3n) is 2.69. The highest BCUT2D eigenvalue weighted by Crippen LogP contribution is 2.11. The number of ether oxygens (including phenoxy) is 2. The number of aromatic carboxylic acids is 1. The fourth-order valence-electron chi connectivity index (χ4n) is 1.65. The zero-order chi connectivity index (χ0) is 15.5. The van der Waals surface area contributed by atoms with E-state index in [-0.39, 0.29) is 11.5 Å². The van der Waals surface area contributed by atoms with Crippen LogP contribution in [0.1, 0.15) is 30.1 Å². The molecule has 1 aromatic carbocycles. The normalized spacial score (nSPS) is 10.1. The van der Waals surface area contributed by atoms with Crippen LogP contribution in [0.3, 0.4) is 0 Å². The second kappa shape index (κ2) is 9.77. The van der Waals surface area contributed by atoms with Gasteiger partial charge in [-0.05, 0) is 44.2 Å². The first-order valence-corrected chi connectivity index (χ1v) is 6.96. The molecule has 0 heterocycles. The monoisotopic (exact) mass is 295 g/mol. The van der Waals surface area contributed by atoms with Crippen molar-refractivity contribution in [2.45, 2.75) is 19.8 Å². The molecule has 1 rings (SSSR count). The molecular weight excluding hydrogens is 274 g/mol. The van der Waals surface area contributed by atoms with E-state index in [0.717, 1.165) is 13.0 Å². The molecule has 116 valence electrons. The number of benzene rings is 1. The van der Waals surface area contributed by atoms with Gasteiger partial charge in [-0.2, -0.15) is 0 Å². The van der Waals surface area contributed by atoms with Crippen molar-refractivity contribution >= 4 is 11.9 Å². The Kier molecular flexibility index (Phi) is 7.89. The summed E-state index contributed by atoms with van der Waals surface area (Å²) in [5.41, 5.74) is 0.236. The highest BCUT2D eigenvalue weighted by atomic mass is 16.5. The maximum atomic E-state index is 11.1. The first kappa shape index (κ1) is 17.0. The number of nitrogens with one attached hydrogen (secondary N) is 1. The molecular formula is C15H21NO5. The van der Waals surface area contributed by atoms with Gasteiger partial charge in [-0.1, -0.05) is 0 Å². The number of carboxylic acid groups (broad SMARTS) is 1. The van der Waals surface area contributed by atoms with Crippen LogP contribution in [0.25, 0.3) is 0 Å². The number of hydrogen-bond acceptors (Lipinski definition) is 5. The molecule has 0 spiro atoms. The van der Waals surface area contributed by atoms with Gasteiger partial charge >= 0.3 is 11.9 Å². The minimum absolute atomic E-state index is 0.172. The van der Waals surface area contributed by atoms with E-state index < -0.39 is 5.97 Å². The lowest BCUT2D eigenvalue weighted by Gasteiger charge is -2.07. The summed E-state index contributed by atoms with van der Waals surface area (Å²) in [4.78, 5) is 21.8. The Hall–Kier alpha value is -2.08. The molecule has 0 aromatic heterocycles. The van der Waals surface area contributed by atoms with Crippen LogP contribution in [0.2, 0.25) is 0 Å². The molecule has 0 aliphatic heterocycles. The number of carbonyl (C=O) groups is 2. The van der Waals surface area contributed by atoms with Crippen LogP contribution in [0.15, 0.2) is 24.3 Å². The summed E-state index contributed by atoms with van der Waals surface area (Å²) in [7, 11) is 0. The summed E-state index contributed by atoms with van der Waals surface area (Å²) in [5.74, 6) is -0.493. The van der Waals surface area contributed by atoms with Gasteiger partial charge < -0.3 is 19.9 Å². The fourth-order valence-corrected chi connectivity index (χ4v) is 1.65. The second-order valence-electron chi connectivity index (χ2n) is 4.34. The highest BCUT2D eigenvalue weighted by Gasteiger charge is 2.02. The molecule has 21 heavy (non-hydrogen) atoms. The lowest BCUT2D eigenvalue weighted by Crippen LogP contribution is -2.22. The van der Waals surface area contributed by atoms with Crippen LogP contribution in [-0.4, -0.2) is 43.3 Å². The Balaban J connectivity index is 2.06. The molecule has 0 aliphatic rings. The van der Waals surface area contributed by atoms with Gasteiger partial charge in [-0.15, -0.1) is 0 Å². The summed E-state index contributed by atoms with van der Waals surface area (Å²) < 4.78 is 10.3. The van der Waals surface area contributed by atoms with Crippen LogP contribution in [-0.2, 0) is 9.53 Å². The van der Waals surface area contributed by atoms with Crippen molar-refractivity contribution in [3.63, 3.8) is 0 Å². The van der Waals surface area contributed by atoms with Crippen molar-refractivity contribution in [3.8, 4) is 5.75 Å². The van der Waals surface area contributed by atoms with Crippen LogP contribution >= 0.6 is 0 Å². The number of carboxylic acids is 1. The zero-order valence-corrected chi connectivity index (χ0v) is 12.1. The van der Waals surface area contributed by atoms with Crippen molar-refractivity contribution < 1.29 is 24.2 Å². The first-order chi connectivity index (χ1) is 10.1. The van der Waals surface area contributed by atoms with Crippen molar-refractivity contribution in [2.24, 2.45) is 0 Å². The SMILES string of the molecule is CCOC(=O)CCCNCCOc1ccc(C(=O)O)cc1. The van der Waals surface area contributed by atoms with Gasteiger partial charge in [0.05, 0.1) is 12.2 Å². The molecule has 0 bridgehead atoms. The molecule has 1 aromatic rings. The Labute approximate surface area is 124 Å². The third kappa shape index (κ3) is 7.31. The summed E-state index contributed by atoms with van der Waals surface area (Å²) in [6, 6.07) is 6.27. The first-order valence-electron chi connectivity index (χ1n) is 6.96. The van der Waals surface area contributed by atoms with Gasteiger partial charge in [0.2, 0.25) is 0 Å². The standard InChI is InChI=1S/C15H21NO5/c1-2-20-14(17)4-3-9-16-10-11-21-13-7-5-12(6-8-13)15(18)19/h5-8,16H,2-4,9-11H2,1H3,(H,18,19). The summed E-state index contributed by atoms with van der Waals surface area (Å²) >= 11 is 0. The molecule has 0 radical (unpaired) electrons. The van der Waals surface area contributed by atoms with Crippen molar-refractivity contribution in [3.05, 3.63) is 29.8 Å². The third-order valence-corrected chi connectivity index (χ3v) is 2.69. The smallest absolute Gasteiger partial charge is 0.335 e. The van der Waals surface area contributed by atoms with E-state index in [9.17, 15) is 9.59 Å². The predicted octanol–water partition coefficient (Wildman–Crippen LogP) is 1.70. The van der Waals surface area contributed by atoms with Gasteiger partial charge in [-0.25, -0.2) is 4.79 Å². The van der Waals surface area contributed by atoms with E-state index in [4.69, 9.17) is 14.6 Å². The molecule has 0 amide bonds. The van der Waals surface area contributed by atoms with Crippen molar-refractivity contribution in [2.75, 3.05) is 26.3 Å². The minimum Gasteiger partial charge on any atom is -0.492 e. The minimum atomic E-state index is -0.954. The van der Waals surface area contributed by atoms with E-state index in [1.54, 1.807) is 19.1 Å². The number of esters is 1.